The van der Waals surface area contributed by atoms with Gasteiger partial charge in [0.1, 0.15) is 0 Å². The van der Waals surface area contributed by atoms with E-state index in [2.05, 4.69) is 13.8 Å². The minimum absolute atomic E-state index is 0.0492. The van der Waals surface area contributed by atoms with Gasteiger partial charge in [0, 0.05) is 12.0 Å². The molecule has 2 nitrogen and oxygen atoms in total. The van der Waals surface area contributed by atoms with Crippen molar-refractivity contribution >= 4 is 0 Å². The van der Waals surface area contributed by atoms with Crippen molar-refractivity contribution in [3.05, 3.63) is 0 Å². The second-order valence-electron chi connectivity index (χ2n) is 8.17. The molecule has 0 amide bonds. The Morgan fingerprint density at radius 1 is 1.22 bits per heavy atom. The van der Waals surface area contributed by atoms with Gasteiger partial charge >= 0.3 is 0 Å². The highest BCUT2D eigenvalue weighted by atomic mass is 16.3. The van der Waals surface area contributed by atoms with Crippen molar-refractivity contribution in [1.82, 2.24) is 0 Å². The molecule has 2 bridgehead atoms. The first-order valence-corrected chi connectivity index (χ1v) is 7.83. The van der Waals surface area contributed by atoms with Crippen LogP contribution in [-0.4, -0.2) is 17.3 Å². The molecular weight excluding hydrogens is 222 g/mol. The van der Waals surface area contributed by atoms with Crippen LogP contribution in [0.2, 0.25) is 0 Å². The fourth-order valence-corrected chi connectivity index (χ4v) is 5.71. The van der Waals surface area contributed by atoms with Crippen molar-refractivity contribution < 1.29 is 5.11 Å². The highest BCUT2D eigenvalue weighted by molar-refractivity contribution is 5.13. The number of rotatable bonds is 2. The lowest BCUT2D eigenvalue weighted by Crippen LogP contribution is -2.58. The summed E-state index contributed by atoms with van der Waals surface area (Å²) < 4.78 is 0. The predicted molar refractivity (Wildman–Crippen MR) is 74.1 cm³/mol. The van der Waals surface area contributed by atoms with E-state index >= 15 is 0 Å². The summed E-state index contributed by atoms with van der Waals surface area (Å²) in [6.07, 6.45) is 9.58. The Balaban J connectivity index is 1.91. The molecule has 2 heteroatoms. The molecule has 0 spiro atoms. The van der Waals surface area contributed by atoms with Crippen molar-refractivity contribution in [3.63, 3.8) is 0 Å². The largest absolute Gasteiger partial charge is 0.389 e. The average Bonchev–Trinajstić information content (AvgIpc) is 2.87. The van der Waals surface area contributed by atoms with Gasteiger partial charge in [-0.1, -0.05) is 26.7 Å². The van der Waals surface area contributed by atoms with Gasteiger partial charge in [0.2, 0.25) is 0 Å². The van der Waals surface area contributed by atoms with E-state index in [9.17, 15) is 5.11 Å². The lowest BCUT2D eigenvalue weighted by atomic mass is 9.54. The van der Waals surface area contributed by atoms with Crippen molar-refractivity contribution in [1.29, 1.82) is 0 Å². The average molecular weight is 251 g/mol. The summed E-state index contributed by atoms with van der Waals surface area (Å²) in [7, 11) is 0. The van der Waals surface area contributed by atoms with E-state index in [-0.39, 0.29) is 10.8 Å². The van der Waals surface area contributed by atoms with Gasteiger partial charge in [0.05, 0.1) is 5.60 Å². The van der Waals surface area contributed by atoms with Gasteiger partial charge in [-0.15, -0.1) is 0 Å². The van der Waals surface area contributed by atoms with Crippen LogP contribution in [0.1, 0.15) is 65.2 Å². The van der Waals surface area contributed by atoms with Gasteiger partial charge in [-0.2, -0.15) is 0 Å². The van der Waals surface area contributed by atoms with E-state index in [1.807, 2.05) is 0 Å². The Morgan fingerprint density at radius 3 is 2.50 bits per heavy atom. The molecule has 3 fully saturated rings. The number of aliphatic hydroxyl groups is 1. The molecule has 3 aliphatic carbocycles. The molecule has 18 heavy (non-hydrogen) atoms. The number of hydrogen-bond donors (Lipinski definition) is 2. The van der Waals surface area contributed by atoms with Gasteiger partial charge in [-0.3, -0.25) is 0 Å². The minimum atomic E-state index is -0.483. The summed E-state index contributed by atoms with van der Waals surface area (Å²) in [5, 5.41) is 11.4. The lowest BCUT2D eigenvalue weighted by Gasteiger charge is -2.55. The third kappa shape index (κ3) is 1.68. The lowest BCUT2D eigenvalue weighted by molar-refractivity contribution is -0.153. The van der Waals surface area contributed by atoms with Crippen LogP contribution in [0.5, 0.6) is 0 Å². The molecule has 0 heterocycles. The third-order valence-electron chi connectivity index (χ3n) is 6.48. The predicted octanol–water partition coefficient (Wildman–Crippen LogP) is 3.08. The molecule has 0 aliphatic heterocycles. The zero-order valence-corrected chi connectivity index (χ0v) is 12.0. The van der Waals surface area contributed by atoms with E-state index in [0.717, 1.165) is 18.8 Å². The maximum atomic E-state index is 11.4. The topological polar surface area (TPSA) is 46.2 Å². The number of hydrogen-bond acceptors (Lipinski definition) is 2. The van der Waals surface area contributed by atoms with Crippen LogP contribution >= 0.6 is 0 Å². The van der Waals surface area contributed by atoms with Crippen LogP contribution in [0.15, 0.2) is 0 Å². The Morgan fingerprint density at radius 2 is 2.00 bits per heavy atom. The molecule has 0 saturated heterocycles. The number of nitrogens with two attached hydrogens (primary N) is 1. The van der Waals surface area contributed by atoms with Crippen LogP contribution in [-0.2, 0) is 0 Å². The molecule has 4 atom stereocenters. The molecule has 3 N–H and O–H groups in total. The summed E-state index contributed by atoms with van der Waals surface area (Å²) >= 11 is 0. The van der Waals surface area contributed by atoms with E-state index < -0.39 is 5.60 Å². The normalized spacial score (nSPS) is 50.7. The Labute approximate surface area is 111 Å². The second kappa shape index (κ2) is 3.96. The van der Waals surface area contributed by atoms with Crippen LogP contribution in [0.25, 0.3) is 0 Å². The SMILES string of the molecule is CC1(C)CCCC(O)(C2(CN)CC3CCC2C3)C1. The first-order chi connectivity index (χ1) is 8.41. The van der Waals surface area contributed by atoms with Crippen molar-refractivity contribution in [2.75, 3.05) is 6.54 Å². The van der Waals surface area contributed by atoms with Crippen molar-refractivity contribution in [3.8, 4) is 0 Å². The summed E-state index contributed by atoms with van der Waals surface area (Å²) in [5.41, 5.74) is 6.06. The quantitative estimate of drug-likeness (QED) is 0.792. The molecule has 0 aromatic heterocycles. The molecular formula is C16H29NO. The molecule has 104 valence electrons. The molecule has 4 unspecified atom stereocenters. The highest BCUT2D eigenvalue weighted by Gasteiger charge is 2.61. The van der Waals surface area contributed by atoms with Crippen LogP contribution in [0.3, 0.4) is 0 Å². The van der Waals surface area contributed by atoms with Gasteiger partial charge in [0.15, 0.2) is 0 Å². The molecule has 3 rings (SSSR count). The van der Waals surface area contributed by atoms with Gasteiger partial charge in [-0.05, 0) is 55.8 Å². The molecule has 0 aromatic carbocycles. The fraction of sp³-hybridized carbons (Fsp3) is 1.00. The Kier molecular flexibility index (Phi) is 2.84. The first-order valence-electron chi connectivity index (χ1n) is 7.83. The van der Waals surface area contributed by atoms with Gasteiger partial charge < -0.3 is 10.8 Å². The summed E-state index contributed by atoms with van der Waals surface area (Å²) in [5.74, 6) is 1.55. The maximum absolute atomic E-state index is 11.4. The third-order valence-corrected chi connectivity index (χ3v) is 6.48. The molecule has 0 radical (unpaired) electrons. The summed E-state index contributed by atoms with van der Waals surface area (Å²) in [4.78, 5) is 0. The minimum Gasteiger partial charge on any atom is -0.389 e. The van der Waals surface area contributed by atoms with Gasteiger partial charge in [0.25, 0.3) is 0 Å². The highest BCUT2D eigenvalue weighted by Crippen LogP contribution is 2.64. The standard InChI is InChI=1S/C16H29NO/c1-14(2)6-3-7-16(18,10-14)15(11-17)9-12-4-5-13(15)8-12/h12-13,18H,3-11,17H2,1-2H3. The second-order valence-corrected chi connectivity index (χ2v) is 8.17. The van der Waals surface area contributed by atoms with Gasteiger partial charge in [-0.25, -0.2) is 0 Å². The van der Waals surface area contributed by atoms with E-state index in [1.54, 1.807) is 0 Å². The van der Waals surface area contributed by atoms with Crippen molar-refractivity contribution in [2.24, 2.45) is 28.4 Å². The van der Waals surface area contributed by atoms with E-state index in [4.69, 9.17) is 5.73 Å². The van der Waals surface area contributed by atoms with Crippen LogP contribution in [0.4, 0.5) is 0 Å². The smallest absolute Gasteiger partial charge is 0.0723 e. The molecule has 3 saturated carbocycles. The molecule has 0 aromatic rings. The van der Waals surface area contributed by atoms with E-state index in [0.29, 0.717) is 12.5 Å². The zero-order valence-electron chi connectivity index (χ0n) is 12.0. The number of fused-ring (bicyclic) bond motifs is 2. The molecule has 3 aliphatic rings. The maximum Gasteiger partial charge on any atom is 0.0723 e. The summed E-state index contributed by atoms with van der Waals surface area (Å²) in [6, 6.07) is 0. The first kappa shape index (κ1) is 12.9. The van der Waals surface area contributed by atoms with Crippen molar-refractivity contribution in [2.45, 2.75) is 70.8 Å². The summed E-state index contributed by atoms with van der Waals surface area (Å²) in [6.45, 7) is 5.32. The fourth-order valence-electron chi connectivity index (χ4n) is 5.71. The zero-order chi connectivity index (χ0) is 13.0. The monoisotopic (exact) mass is 251 g/mol. The Hall–Kier alpha value is -0.0800. The Bertz CT molecular complexity index is 340. The van der Waals surface area contributed by atoms with Crippen LogP contribution in [0, 0.1) is 22.7 Å². The van der Waals surface area contributed by atoms with E-state index in [1.165, 1.54) is 38.5 Å². The van der Waals surface area contributed by atoms with Crippen LogP contribution < -0.4 is 5.73 Å².